The summed E-state index contributed by atoms with van der Waals surface area (Å²) in [4.78, 5) is 0. The first-order valence-corrected chi connectivity index (χ1v) is 11.9. The van der Waals surface area contributed by atoms with Crippen molar-refractivity contribution in [2.75, 3.05) is 14.1 Å². The molecule has 0 aliphatic carbocycles. The van der Waals surface area contributed by atoms with Crippen molar-refractivity contribution in [3.05, 3.63) is 123 Å². The lowest BCUT2D eigenvalue weighted by atomic mass is 9.21. The van der Waals surface area contributed by atoms with Crippen LogP contribution in [0.15, 0.2) is 30.3 Å². The van der Waals surface area contributed by atoms with Gasteiger partial charge in [0, 0.05) is 19.7 Å². The van der Waals surface area contributed by atoms with Crippen LogP contribution in [-0.2, 0) is 6.54 Å². The normalized spacial score (nSPS) is 12.3. The number of benzene rings is 4. The molecule has 234 valence electrons. The molecule has 0 saturated carbocycles. The van der Waals surface area contributed by atoms with Gasteiger partial charge < -0.3 is 4.39 Å². The maximum Gasteiger partial charge on any atom is 0.308 e. The monoisotopic (exact) mass is 647 g/mol. The Morgan fingerprint density at radius 2 is 0.614 bits per heavy atom. The van der Waals surface area contributed by atoms with E-state index in [0.29, 0.717) is 14.1 Å². The molecule has 4 rings (SSSR count). The standard InChI is InChI=1S/C27H13BF15N/c1-44(2,8-9-6-4-3-5-7-9)28(10-13(29)19(35)25(41)20(36)14(10)30,11-15(31)21(37)26(42)22(38)16(11)32)12-17(33)23(39)27(43)24(40)18(12)34/h3-7H,8H2,1-2H3. The summed E-state index contributed by atoms with van der Waals surface area (Å²) in [6.07, 6.45) is -5.76. The number of nitrogens with zero attached hydrogens (tertiary/aromatic N) is 1. The summed E-state index contributed by atoms with van der Waals surface area (Å²) < 4.78 is 223. The highest BCUT2D eigenvalue weighted by atomic mass is 19.2. The van der Waals surface area contributed by atoms with Crippen LogP contribution in [-0.4, -0.2) is 24.8 Å². The number of rotatable bonds is 6. The Hall–Kier alpha value is -4.15. The van der Waals surface area contributed by atoms with E-state index in [0.717, 1.165) is 12.1 Å². The zero-order chi connectivity index (χ0) is 33.2. The molecule has 0 aromatic heterocycles. The Labute approximate surface area is 237 Å². The smallest absolute Gasteiger partial charge is 0.308 e. The predicted molar refractivity (Wildman–Crippen MR) is 126 cm³/mol. The maximum absolute atomic E-state index is 15.7. The molecule has 17 heteroatoms. The van der Waals surface area contributed by atoms with Crippen molar-refractivity contribution in [1.82, 2.24) is 0 Å². The van der Waals surface area contributed by atoms with Gasteiger partial charge in [0.25, 0.3) is 0 Å². The molecule has 0 aliphatic heterocycles. The molecule has 44 heavy (non-hydrogen) atoms. The van der Waals surface area contributed by atoms with Gasteiger partial charge in [0.2, 0.25) is 0 Å². The summed E-state index contributed by atoms with van der Waals surface area (Å²) in [5.74, 6) is -45.3. The fourth-order valence-corrected chi connectivity index (χ4v) is 5.64. The molecule has 0 unspecified atom stereocenters. The topological polar surface area (TPSA) is 0 Å². The van der Waals surface area contributed by atoms with E-state index in [1.807, 2.05) is 0 Å². The molecule has 0 amide bonds. The molecule has 0 N–H and O–H groups in total. The summed E-state index contributed by atoms with van der Waals surface area (Å²) in [6, 6.07) is 6.13. The van der Waals surface area contributed by atoms with Crippen molar-refractivity contribution < 1.29 is 70.3 Å². The molecule has 4 aromatic rings. The fraction of sp³-hybridized carbons (Fsp3) is 0.111. The van der Waals surface area contributed by atoms with Crippen LogP contribution in [0.5, 0.6) is 0 Å². The van der Waals surface area contributed by atoms with Crippen LogP contribution in [0, 0.1) is 87.3 Å². The number of quaternary nitrogens is 1. The van der Waals surface area contributed by atoms with E-state index in [-0.39, 0.29) is 5.56 Å². The molecular formula is C27H13BF15N. The van der Waals surface area contributed by atoms with Gasteiger partial charge in [-0.05, 0) is 0 Å². The van der Waals surface area contributed by atoms with Crippen molar-refractivity contribution in [3.8, 4) is 0 Å². The van der Waals surface area contributed by atoms with E-state index in [2.05, 4.69) is 0 Å². The lowest BCUT2D eigenvalue weighted by molar-refractivity contribution is -0.801. The molecule has 0 fully saturated rings. The zero-order valence-electron chi connectivity index (χ0n) is 21.8. The minimum Gasteiger partial charge on any atom is -0.505 e. The van der Waals surface area contributed by atoms with Gasteiger partial charge >= 0.3 is 6.28 Å². The lowest BCUT2D eigenvalue weighted by Gasteiger charge is -2.57. The number of halogens is 15. The Balaban J connectivity index is 2.51. The van der Waals surface area contributed by atoms with Gasteiger partial charge in [-0.1, -0.05) is 46.7 Å². The van der Waals surface area contributed by atoms with Crippen LogP contribution in [0.25, 0.3) is 0 Å². The van der Waals surface area contributed by atoms with Crippen LogP contribution in [0.3, 0.4) is 0 Å². The maximum atomic E-state index is 15.7. The van der Waals surface area contributed by atoms with E-state index >= 15 is 26.3 Å². The van der Waals surface area contributed by atoms with E-state index in [1.165, 1.54) is 18.2 Å². The van der Waals surface area contributed by atoms with E-state index in [4.69, 9.17) is 0 Å². The van der Waals surface area contributed by atoms with Crippen LogP contribution in [0.4, 0.5) is 65.9 Å². The first kappa shape index (κ1) is 32.8. The second-order valence-electron chi connectivity index (χ2n) is 10.2. The summed E-state index contributed by atoms with van der Waals surface area (Å²) in [5, 5.41) is 0. The SMILES string of the molecule is C[N+](C)(Cc1ccccc1)[B-](c1c(F)c(F)c(F)c(F)c1F)(c1c(F)c(F)c(F)c(F)c1F)c1c(F)c(F)c(F)c(F)c1F. The lowest BCUT2D eigenvalue weighted by Crippen LogP contribution is -2.86. The molecular weight excluding hydrogens is 634 g/mol. The molecule has 0 heterocycles. The van der Waals surface area contributed by atoms with Gasteiger partial charge in [0.15, 0.2) is 52.4 Å². The van der Waals surface area contributed by atoms with Gasteiger partial charge in [-0.15, -0.1) is 0 Å². The third-order valence-electron chi connectivity index (χ3n) is 7.47. The van der Waals surface area contributed by atoms with Crippen molar-refractivity contribution in [3.63, 3.8) is 0 Å². The number of hydrogen-bond acceptors (Lipinski definition) is 0. The highest BCUT2D eigenvalue weighted by Crippen LogP contribution is 2.32. The molecule has 0 atom stereocenters. The molecule has 0 saturated heterocycles. The van der Waals surface area contributed by atoms with Gasteiger partial charge in [-0.2, -0.15) is 0 Å². The van der Waals surface area contributed by atoms with Crippen molar-refractivity contribution in [2.45, 2.75) is 6.54 Å². The minimum absolute atomic E-state index is 0.139. The molecule has 0 aliphatic rings. The van der Waals surface area contributed by atoms with Gasteiger partial charge in [0.1, 0.15) is 34.9 Å². The molecule has 0 spiro atoms. The molecule has 0 bridgehead atoms. The summed E-state index contributed by atoms with van der Waals surface area (Å²) in [7, 11) is 1.03. The first-order valence-electron chi connectivity index (χ1n) is 11.9. The summed E-state index contributed by atoms with van der Waals surface area (Å²) in [6.45, 7) is -1.08. The van der Waals surface area contributed by atoms with Crippen LogP contribution < -0.4 is 16.4 Å². The van der Waals surface area contributed by atoms with Crippen molar-refractivity contribution in [2.24, 2.45) is 0 Å². The van der Waals surface area contributed by atoms with E-state index in [1.54, 1.807) is 0 Å². The van der Waals surface area contributed by atoms with Crippen LogP contribution >= 0.6 is 0 Å². The van der Waals surface area contributed by atoms with E-state index < -0.39 is 121 Å². The third kappa shape index (κ3) is 4.42. The fourth-order valence-electron chi connectivity index (χ4n) is 5.64. The zero-order valence-corrected chi connectivity index (χ0v) is 21.8. The summed E-state index contributed by atoms with van der Waals surface area (Å²) >= 11 is 0. The molecule has 0 radical (unpaired) electrons. The minimum atomic E-state index is -5.76. The van der Waals surface area contributed by atoms with Gasteiger partial charge in [0.05, 0.1) is 6.54 Å². The Morgan fingerprint density at radius 1 is 0.386 bits per heavy atom. The third-order valence-corrected chi connectivity index (χ3v) is 7.47. The first-order chi connectivity index (χ1) is 20.4. The largest absolute Gasteiger partial charge is 0.505 e. The molecule has 1 nitrogen and oxygen atoms in total. The number of hydrogen-bond donors (Lipinski definition) is 0. The van der Waals surface area contributed by atoms with Crippen molar-refractivity contribution >= 4 is 22.7 Å². The average Bonchev–Trinajstić information content (AvgIpc) is 2.98. The summed E-state index contributed by atoms with van der Waals surface area (Å²) in [5.41, 5.74) is -8.07. The predicted octanol–water partition coefficient (Wildman–Crippen LogP) is 6.02. The van der Waals surface area contributed by atoms with Gasteiger partial charge in [-0.25, -0.2) is 65.9 Å². The average molecular weight is 647 g/mol. The Morgan fingerprint density at radius 3 is 0.864 bits per heavy atom. The van der Waals surface area contributed by atoms with Gasteiger partial charge in [-0.3, -0.25) is 0 Å². The molecule has 4 aromatic carbocycles. The highest BCUT2D eigenvalue weighted by molar-refractivity contribution is 7.06. The van der Waals surface area contributed by atoms with Crippen LogP contribution in [0.1, 0.15) is 5.56 Å². The van der Waals surface area contributed by atoms with Crippen LogP contribution in [0.2, 0.25) is 0 Å². The second-order valence-corrected chi connectivity index (χ2v) is 10.2. The Bertz CT molecular complexity index is 1570. The van der Waals surface area contributed by atoms with E-state index in [9.17, 15) is 39.5 Å². The highest BCUT2D eigenvalue weighted by Gasteiger charge is 2.58. The Kier molecular flexibility index (Phi) is 8.26. The quantitative estimate of drug-likeness (QED) is 0.104. The van der Waals surface area contributed by atoms with Crippen molar-refractivity contribution in [1.29, 1.82) is 0 Å². The second kappa shape index (κ2) is 11.1.